The summed E-state index contributed by atoms with van der Waals surface area (Å²) >= 11 is 1.50. The molecule has 2 saturated heterocycles. The molecule has 1 aromatic rings. The summed E-state index contributed by atoms with van der Waals surface area (Å²) in [6, 6.07) is 6.10. The third-order valence-electron chi connectivity index (χ3n) is 5.84. The number of nitrogens with zero attached hydrogens (tertiary/aromatic N) is 2. The average Bonchev–Trinajstić information content (AvgIpc) is 2.83. The van der Waals surface area contributed by atoms with Crippen LogP contribution in [0.2, 0.25) is 0 Å². The molecule has 3 heterocycles. The van der Waals surface area contributed by atoms with Crippen LogP contribution in [0.25, 0.3) is 0 Å². The van der Waals surface area contributed by atoms with Crippen LogP contribution in [0.5, 0.6) is 0 Å². The summed E-state index contributed by atoms with van der Waals surface area (Å²) in [4.78, 5) is 28.2. The van der Waals surface area contributed by atoms with Crippen LogP contribution >= 0.6 is 11.8 Å². The number of fused-ring (bicyclic) bond motifs is 1. The quantitative estimate of drug-likeness (QED) is 0.388. The van der Waals surface area contributed by atoms with Crippen LogP contribution in [0.15, 0.2) is 34.9 Å². The number of hydrogen-bond donors (Lipinski definition) is 1. The predicted octanol–water partition coefficient (Wildman–Crippen LogP) is -2.43. The minimum Gasteiger partial charge on any atom is -0.543 e. The summed E-state index contributed by atoms with van der Waals surface area (Å²) in [5.74, 6) is -2.63. The molecule has 0 spiro atoms. The molecule has 4 rings (SSSR count). The van der Waals surface area contributed by atoms with E-state index in [9.17, 15) is 24.2 Å². The van der Waals surface area contributed by atoms with Crippen LogP contribution in [-0.4, -0.2) is 57.3 Å². The number of hydrogen-bond acceptors (Lipinski definition) is 6. The zero-order valence-corrected chi connectivity index (χ0v) is 20.6. The summed E-state index contributed by atoms with van der Waals surface area (Å²) in [7, 11) is 0. The molecule has 29 heavy (non-hydrogen) atoms. The number of carbonyl (C=O) groups excluding carboxylic acids is 2. The molecule has 150 valence electrons. The van der Waals surface area contributed by atoms with Gasteiger partial charge in [0.2, 0.25) is 5.91 Å². The maximum atomic E-state index is 13.0. The molecule has 4 atom stereocenters. The van der Waals surface area contributed by atoms with Crippen LogP contribution < -0.4 is 56.5 Å². The van der Waals surface area contributed by atoms with Crippen molar-refractivity contribution in [2.45, 2.75) is 37.8 Å². The van der Waals surface area contributed by atoms with Crippen LogP contribution in [0.1, 0.15) is 19.4 Å². The zero-order chi connectivity index (χ0) is 20.2. The number of thioether (sulfide) groups is 1. The third kappa shape index (κ3) is 4.25. The van der Waals surface area contributed by atoms with Gasteiger partial charge in [0.25, 0.3) is 0 Å². The van der Waals surface area contributed by atoms with Gasteiger partial charge in [0, 0.05) is 35.7 Å². The fraction of sp³-hybridized carbons (Fsp3) is 0.500. The average molecular weight is 445 g/mol. The molecule has 6 nitrogen and oxygen atoms in total. The van der Waals surface area contributed by atoms with Gasteiger partial charge in [-0.3, -0.25) is 9.69 Å². The van der Waals surface area contributed by atoms with Gasteiger partial charge in [-0.2, -0.15) is 0 Å². The summed E-state index contributed by atoms with van der Waals surface area (Å²) in [5, 5.41) is 21.8. The van der Waals surface area contributed by atoms with E-state index in [2.05, 4.69) is 4.90 Å². The number of aliphatic hydroxyl groups excluding tert-OH is 1. The first-order valence-corrected chi connectivity index (χ1v) is 10.3. The standard InChI is InChI=1S/C20H23FN2O4S.K/c1-10-16-15(11(2)24)19(25)23(16)17(20(26)27)18(10)28-14-8-22(9-14)7-12-3-5-13(21)6-4-12;/h3-6,10-11,14-16,24H,7-9H2,1-2H3,(H,26,27);/q;+1/p-1/t10-,11-,15-,16-;/m1./s1. The van der Waals surface area contributed by atoms with Crippen LogP contribution in [-0.2, 0) is 16.1 Å². The Bertz CT molecular complexity index is 841. The largest absolute Gasteiger partial charge is 1.00 e. The maximum Gasteiger partial charge on any atom is 1.00 e. The Balaban J connectivity index is 0.00000240. The van der Waals surface area contributed by atoms with Crippen molar-refractivity contribution in [3.63, 3.8) is 0 Å². The number of carboxylic acids is 1. The Morgan fingerprint density at radius 2 is 1.97 bits per heavy atom. The summed E-state index contributed by atoms with van der Waals surface area (Å²) in [6.45, 7) is 5.77. The zero-order valence-electron chi connectivity index (χ0n) is 16.7. The van der Waals surface area contributed by atoms with Gasteiger partial charge < -0.3 is 19.9 Å². The number of halogens is 1. The van der Waals surface area contributed by atoms with Gasteiger partial charge in [0.1, 0.15) is 5.82 Å². The smallest absolute Gasteiger partial charge is 0.543 e. The van der Waals surface area contributed by atoms with Crippen molar-refractivity contribution < 1.29 is 75.6 Å². The van der Waals surface area contributed by atoms with E-state index in [0.717, 1.165) is 25.2 Å². The number of aliphatic carboxylic acids is 1. The van der Waals surface area contributed by atoms with E-state index in [0.29, 0.717) is 4.91 Å². The molecular formula is C20H22FKN2O4S. The van der Waals surface area contributed by atoms with Crippen molar-refractivity contribution in [1.29, 1.82) is 0 Å². The molecule has 1 amide bonds. The molecule has 3 aliphatic heterocycles. The molecule has 0 radical (unpaired) electrons. The summed E-state index contributed by atoms with van der Waals surface area (Å²) < 4.78 is 13.0. The predicted molar refractivity (Wildman–Crippen MR) is 100 cm³/mol. The van der Waals surface area contributed by atoms with Crippen molar-refractivity contribution in [2.75, 3.05) is 13.1 Å². The van der Waals surface area contributed by atoms with Crippen molar-refractivity contribution in [3.05, 3.63) is 46.2 Å². The van der Waals surface area contributed by atoms with Crippen molar-refractivity contribution in [1.82, 2.24) is 9.80 Å². The van der Waals surface area contributed by atoms with Crippen molar-refractivity contribution in [3.8, 4) is 0 Å². The van der Waals surface area contributed by atoms with E-state index < -0.39 is 18.0 Å². The number of benzene rings is 1. The fourth-order valence-electron chi connectivity index (χ4n) is 4.42. The Morgan fingerprint density at radius 1 is 1.34 bits per heavy atom. The van der Waals surface area contributed by atoms with E-state index in [1.807, 2.05) is 6.92 Å². The molecule has 1 N–H and O–H groups in total. The minimum atomic E-state index is -1.34. The Kier molecular flexibility index (Phi) is 7.32. The second-order valence-corrected chi connectivity index (χ2v) is 9.16. The Labute approximate surface area is 215 Å². The van der Waals surface area contributed by atoms with E-state index in [4.69, 9.17) is 0 Å². The number of aliphatic hydroxyl groups is 1. The van der Waals surface area contributed by atoms with Gasteiger partial charge in [-0.1, -0.05) is 19.1 Å². The molecule has 0 unspecified atom stereocenters. The van der Waals surface area contributed by atoms with E-state index >= 15 is 0 Å². The van der Waals surface area contributed by atoms with Crippen LogP contribution in [0.3, 0.4) is 0 Å². The number of rotatable bonds is 6. The number of likely N-dealkylation sites (tertiary alicyclic amines) is 1. The molecular weight excluding hydrogens is 422 g/mol. The number of carbonyl (C=O) groups is 2. The van der Waals surface area contributed by atoms with E-state index in [1.165, 1.54) is 28.8 Å². The summed E-state index contributed by atoms with van der Waals surface area (Å²) in [5.41, 5.74) is 1.00. The van der Waals surface area contributed by atoms with Gasteiger partial charge in [-0.05, 0) is 24.6 Å². The number of β-lactam (4-membered cyclic amide) rings is 1. The monoisotopic (exact) mass is 444 g/mol. The second kappa shape index (κ2) is 9.08. The molecule has 1 aromatic carbocycles. The minimum absolute atomic E-state index is 0. The van der Waals surface area contributed by atoms with Crippen molar-refractivity contribution >= 4 is 23.6 Å². The first-order chi connectivity index (χ1) is 13.3. The second-order valence-electron chi connectivity index (χ2n) is 7.81. The van der Waals surface area contributed by atoms with E-state index in [-0.39, 0.29) is 86.0 Å². The van der Waals surface area contributed by atoms with Gasteiger partial charge in [0.15, 0.2) is 0 Å². The Morgan fingerprint density at radius 3 is 2.52 bits per heavy atom. The molecule has 9 heteroatoms. The molecule has 0 bridgehead atoms. The Hall–Kier alpha value is -0.264. The van der Waals surface area contributed by atoms with Crippen LogP contribution in [0, 0.1) is 17.7 Å². The first kappa shape index (κ1) is 23.4. The molecule has 0 saturated carbocycles. The van der Waals surface area contributed by atoms with E-state index in [1.54, 1.807) is 19.1 Å². The molecule has 0 aromatic heterocycles. The van der Waals surface area contributed by atoms with Crippen LogP contribution in [0.4, 0.5) is 4.39 Å². The molecule has 3 aliphatic rings. The number of carboxylic acid groups (broad SMARTS) is 1. The van der Waals surface area contributed by atoms with Gasteiger partial charge in [0.05, 0.1) is 29.7 Å². The summed E-state index contributed by atoms with van der Waals surface area (Å²) in [6.07, 6.45) is -0.807. The topological polar surface area (TPSA) is 83.9 Å². The van der Waals surface area contributed by atoms with Gasteiger partial charge in [-0.25, -0.2) is 4.39 Å². The molecule has 2 fully saturated rings. The fourth-order valence-corrected chi connectivity index (χ4v) is 6.00. The van der Waals surface area contributed by atoms with Crippen molar-refractivity contribution in [2.24, 2.45) is 11.8 Å². The maximum absolute atomic E-state index is 13.0. The number of amides is 1. The molecule has 0 aliphatic carbocycles. The first-order valence-electron chi connectivity index (χ1n) is 9.38. The SMILES string of the molecule is C[C@@H](O)[C@H]1C(=O)N2C(C(=O)[O-])=C(SC3CN(Cc4ccc(F)cc4)C3)[C@H](C)[C@H]12.[K+]. The van der Waals surface area contributed by atoms with Gasteiger partial charge in [-0.15, -0.1) is 11.8 Å². The van der Waals surface area contributed by atoms with Gasteiger partial charge >= 0.3 is 51.4 Å². The third-order valence-corrected chi connectivity index (χ3v) is 7.29. The normalized spacial score (nSPS) is 27.8.